The molecule has 1 aromatic rings. The SMILES string of the molecule is O=C(CCS)N1CCc2cc(Br)c(Cl)cc21. The number of hydrogen-bond donors (Lipinski definition) is 1. The lowest BCUT2D eigenvalue weighted by Crippen LogP contribution is -2.28. The third kappa shape index (κ3) is 2.24. The van der Waals surface area contributed by atoms with E-state index in [-0.39, 0.29) is 5.91 Å². The minimum atomic E-state index is 0.118. The molecule has 1 aliphatic rings. The summed E-state index contributed by atoms with van der Waals surface area (Å²) in [6.07, 6.45) is 1.36. The van der Waals surface area contributed by atoms with E-state index < -0.39 is 0 Å². The molecule has 0 spiro atoms. The minimum Gasteiger partial charge on any atom is -0.312 e. The molecular formula is C11H11BrClNOS. The lowest BCUT2D eigenvalue weighted by molar-refractivity contribution is -0.118. The van der Waals surface area contributed by atoms with Crippen molar-refractivity contribution in [3.63, 3.8) is 0 Å². The van der Waals surface area contributed by atoms with Crippen molar-refractivity contribution in [1.29, 1.82) is 0 Å². The smallest absolute Gasteiger partial charge is 0.227 e. The van der Waals surface area contributed by atoms with Gasteiger partial charge in [-0.1, -0.05) is 11.6 Å². The predicted molar refractivity (Wildman–Crippen MR) is 73.7 cm³/mol. The van der Waals surface area contributed by atoms with E-state index in [9.17, 15) is 4.79 Å². The molecule has 86 valence electrons. The molecular weight excluding hydrogens is 310 g/mol. The maximum Gasteiger partial charge on any atom is 0.227 e. The van der Waals surface area contributed by atoms with Gasteiger partial charge in [-0.3, -0.25) is 4.79 Å². The summed E-state index contributed by atoms with van der Waals surface area (Å²) < 4.78 is 0.886. The van der Waals surface area contributed by atoms with Gasteiger partial charge < -0.3 is 4.90 Å². The average molecular weight is 321 g/mol. The summed E-state index contributed by atoms with van der Waals surface area (Å²) >= 11 is 13.5. The zero-order chi connectivity index (χ0) is 11.7. The lowest BCUT2D eigenvalue weighted by Gasteiger charge is -2.17. The quantitative estimate of drug-likeness (QED) is 0.829. The molecule has 0 saturated heterocycles. The van der Waals surface area contributed by atoms with Crippen LogP contribution in [0, 0.1) is 0 Å². The number of hydrogen-bond acceptors (Lipinski definition) is 2. The van der Waals surface area contributed by atoms with Crippen LogP contribution < -0.4 is 4.90 Å². The van der Waals surface area contributed by atoms with Crippen LogP contribution in [0.2, 0.25) is 5.02 Å². The van der Waals surface area contributed by atoms with Crippen molar-refractivity contribution in [3.05, 3.63) is 27.2 Å². The van der Waals surface area contributed by atoms with Gasteiger partial charge in [-0.25, -0.2) is 0 Å². The van der Waals surface area contributed by atoms with E-state index in [0.717, 1.165) is 23.1 Å². The van der Waals surface area contributed by atoms with Crippen molar-refractivity contribution >= 4 is 51.8 Å². The van der Waals surface area contributed by atoms with Gasteiger partial charge in [-0.15, -0.1) is 0 Å². The highest BCUT2D eigenvalue weighted by molar-refractivity contribution is 9.10. The maximum atomic E-state index is 11.8. The molecule has 16 heavy (non-hydrogen) atoms. The Kier molecular flexibility index (Phi) is 3.82. The van der Waals surface area contributed by atoms with Crippen molar-refractivity contribution in [2.75, 3.05) is 17.2 Å². The lowest BCUT2D eigenvalue weighted by atomic mass is 10.2. The van der Waals surface area contributed by atoms with Crippen molar-refractivity contribution in [2.45, 2.75) is 12.8 Å². The van der Waals surface area contributed by atoms with E-state index in [1.165, 1.54) is 5.56 Å². The summed E-state index contributed by atoms with van der Waals surface area (Å²) in [7, 11) is 0. The van der Waals surface area contributed by atoms with Crippen LogP contribution in [0.1, 0.15) is 12.0 Å². The van der Waals surface area contributed by atoms with Crippen LogP contribution in [0.15, 0.2) is 16.6 Å². The van der Waals surface area contributed by atoms with Crippen molar-refractivity contribution < 1.29 is 4.79 Å². The normalized spacial score (nSPS) is 14.1. The Morgan fingerprint density at radius 1 is 1.56 bits per heavy atom. The van der Waals surface area contributed by atoms with Crippen LogP contribution in [0.5, 0.6) is 0 Å². The number of carbonyl (C=O) groups is 1. The number of thiol groups is 1. The molecule has 0 saturated carbocycles. The van der Waals surface area contributed by atoms with Gasteiger partial charge in [0.15, 0.2) is 0 Å². The van der Waals surface area contributed by atoms with Gasteiger partial charge in [0.05, 0.1) is 5.02 Å². The molecule has 5 heteroatoms. The monoisotopic (exact) mass is 319 g/mol. The van der Waals surface area contributed by atoms with Crippen LogP contribution >= 0.6 is 40.2 Å². The summed E-state index contributed by atoms with van der Waals surface area (Å²) in [5, 5.41) is 0.643. The zero-order valence-corrected chi connectivity index (χ0v) is 11.8. The third-order valence-corrected chi connectivity index (χ3v) is 4.06. The summed E-state index contributed by atoms with van der Waals surface area (Å²) in [4.78, 5) is 13.6. The number of benzene rings is 1. The number of carbonyl (C=O) groups excluding carboxylic acids is 1. The second-order valence-electron chi connectivity index (χ2n) is 3.66. The largest absolute Gasteiger partial charge is 0.312 e. The third-order valence-electron chi connectivity index (χ3n) is 2.64. The van der Waals surface area contributed by atoms with E-state index in [4.69, 9.17) is 11.6 Å². The zero-order valence-electron chi connectivity index (χ0n) is 8.54. The fraction of sp³-hybridized carbons (Fsp3) is 0.364. The van der Waals surface area contributed by atoms with E-state index in [1.54, 1.807) is 4.90 Å². The molecule has 0 aliphatic carbocycles. The summed E-state index contributed by atoms with van der Waals surface area (Å²) in [6, 6.07) is 3.84. The number of nitrogens with zero attached hydrogens (tertiary/aromatic N) is 1. The second kappa shape index (κ2) is 4.98. The molecule has 0 unspecified atom stereocenters. The molecule has 1 aromatic carbocycles. The first-order chi connectivity index (χ1) is 7.63. The molecule has 2 rings (SSSR count). The fourth-order valence-electron chi connectivity index (χ4n) is 1.87. The van der Waals surface area contributed by atoms with Gasteiger partial charge in [-0.05, 0) is 45.8 Å². The van der Waals surface area contributed by atoms with Crippen molar-refractivity contribution in [3.8, 4) is 0 Å². The molecule has 0 aromatic heterocycles. The minimum absolute atomic E-state index is 0.118. The molecule has 0 N–H and O–H groups in total. The van der Waals surface area contributed by atoms with Gasteiger partial charge in [-0.2, -0.15) is 12.6 Å². The molecule has 0 atom stereocenters. The van der Waals surface area contributed by atoms with Crippen LogP contribution in [0.3, 0.4) is 0 Å². The number of amides is 1. The maximum absolute atomic E-state index is 11.8. The number of fused-ring (bicyclic) bond motifs is 1. The van der Waals surface area contributed by atoms with Crippen LogP contribution in [0.25, 0.3) is 0 Å². The molecule has 0 fully saturated rings. The first-order valence-corrected chi connectivity index (χ1v) is 6.83. The van der Waals surface area contributed by atoms with Gasteiger partial charge in [0.2, 0.25) is 5.91 Å². The van der Waals surface area contributed by atoms with E-state index >= 15 is 0 Å². The Hall–Kier alpha value is -0.190. The van der Waals surface area contributed by atoms with Crippen LogP contribution in [-0.4, -0.2) is 18.2 Å². The first kappa shape index (κ1) is 12.3. The van der Waals surface area contributed by atoms with Crippen molar-refractivity contribution in [1.82, 2.24) is 0 Å². The first-order valence-electron chi connectivity index (χ1n) is 5.02. The fourth-order valence-corrected chi connectivity index (χ4v) is 2.61. The molecule has 1 aliphatic heterocycles. The number of anilines is 1. The Balaban J connectivity index is 2.32. The second-order valence-corrected chi connectivity index (χ2v) is 5.37. The van der Waals surface area contributed by atoms with E-state index in [2.05, 4.69) is 28.6 Å². The van der Waals surface area contributed by atoms with Gasteiger partial charge >= 0.3 is 0 Å². The van der Waals surface area contributed by atoms with Gasteiger partial charge in [0.25, 0.3) is 0 Å². The van der Waals surface area contributed by atoms with E-state index in [0.29, 0.717) is 17.2 Å². The number of rotatable bonds is 2. The highest BCUT2D eigenvalue weighted by atomic mass is 79.9. The van der Waals surface area contributed by atoms with E-state index in [1.807, 2.05) is 12.1 Å². The summed E-state index contributed by atoms with van der Waals surface area (Å²) in [6.45, 7) is 0.745. The predicted octanol–water partition coefficient (Wildman–Crippen LogP) is 3.31. The van der Waals surface area contributed by atoms with Crippen molar-refractivity contribution in [2.24, 2.45) is 0 Å². The molecule has 0 radical (unpaired) electrons. The Bertz CT molecular complexity index is 438. The highest BCUT2D eigenvalue weighted by Gasteiger charge is 2.24. The highest BCUT2D eigenvalue weighted by Crippen LogP contribution is 2.35. The molecule has 0 bridgehead atoms. The average Bonchev–Trinajstić information content (AvgIpc) is 2.62. The topological polar surface area (TPSA) is 20.3 Å². The Labute approximate surface area is 113 Å². The molecule has 1 amide bonds. The van der Waals surface area contributed by atoms with Crippen LogP contribution in [-0.2, 0) is 11.2 Å². The summed E-state index contributed by atoms with van der Waals surface area (Å²) in [5.74, 6) is 0.696. The molecule has 2 nitrogen and oxygen atoms in total. The van der Waals surface area contributed by atoms with Gasteiger partial charge in [0.1, 0.15) is 0 Å². The van der Waals surface area contributed by atoms with Gasteiger partial charge in [0, 0.05) is 23.1 Å². The number of halogens is 2. The molecule has 1 heterocycles. The standard InChI is InChI=1S/C11H11BrClNOS/c12-8-5-7-1-3-14(11(15)2-4-16)10(7)6-9(8)13/h5-6,16H,1-4H2. The van der Waals surface area contributed by atoms with Crippen LogP contribution in [0.4, 0.5) is 5.69 Å². The Morgan fingerprint density at radius 3 is 3.00 bits per heavy atom. The summed E-state index contributed by atoms with van der Waals surface area (Å²) in [5.41, 5.74) is 2.11. The Morgan fingerprint density at radius 2 is 2.31 bits per heavy atom.